The molecule has 0 spiro atoms. The third-order valence-electron chi connectivity index (χ3n) is 7.34. The number of aliphatic hydroxyl groups is 1. The predicted molar refractivity (Wildman–Crippen MR) is 121 cm³/mol. The quantitative estimate of drug-likeness (QED) is 0.691. The van der Waals surface area contributed by atoms with Crippen LogP contribution in [0.1, 0.15) is 46.1 Å². The van der Waals surface area contributed by atoms with Crippen molar-refractivity contribution in [1.29, 1.82) is 0 Å². The zero-order chi connectivity index (χ0) is 23.1. The van der Waals surface area contributed by atoms with Crippen LogP contribution >= 0.6 is 0 Å². The van der Waals surface area contributed by atoms with E-state index in [-0.39, 0.29) is 12.6 Å². The number of likely N-dealkylation sites (tertiary alicyclic amines) is 1. The van der Waals surface area contributed by atoms with Gasteiger partial charge in [0.2, 0.25) is 0 Å². The highest BCUT2D eigenvalue weighted by Gasteiger charge is 2.52. The molecule has 32 heavy (non-hydrogen) atoms. The van der Waals surface area contributed by atoms with Crippen LogP contribution in [0.4, 0.5) is 4.79 Å². The van der Waals surface area contributed by atoms with Gasteiger partial charge < -0.3 is 24.4 Å². The molecule has 2 aliphatic rings. The molecule has 2 atom stereocenters. The van der Waals surface area contributed by atoms with Crippen LogP contribution in [0, 0.1) is 0 Å². The van der Waals surface area contributed by atoms with Crippen LogP contribution in [0.5, 0.6) is 0 Å². The Bertz CT molecular complexity index is 948. The van der Waals surface area contributed by atoms with Gasteiger partial charge >= 0.3 is 13.2 Å². The summed E-state index contributed by atoms with van der Waals surface area (Å²) in [6.45, 7) is 8.21. The first-order chi connectivity index (χ1) is 15.1. The summed E-state index contributed by atoms with van der Waals surface area (Å²) in [7, 11) is -0.538. The van der Waals surface area contributed by atoms with Crippen molar-refractivity contribution in [3.63, 3.8) is 0 Å². The predicted octanol–water partition coefficient (Wildman–Crippen LogP) is 2.25. The second-order valence-corrected chi connectivity index (χ2v) is 9.96. The van der Waals surface area contributed by atoms with Gasteiger partial charge in [-0.05, 0) is 52.5 Å². The average molecular weight is 441 g/mol. The summed E-state index contributed by atoms with van der Waals surface area (Å²) in [4.78, 5) is 13.4. The summed E-state index contributed by atoms with van der Waals surface area (Å²) in [5.74, 6) is 0. The molecule has 2 unspecified atom stereocenters. The summed E-state index contributed by atoms with van der Waals surface area (Å²) in [6, 6.07) is 9.58. The number of hydrogen-bond acceptors (Lipinski definition) is 5. The third-order valence-corrected chi connectivity index (χ3v) is 7.34. The molecule has 0 bridgehead atoms. The van der Waals surface area contributed by atoms with E-state index < -0.39 is 30.0 Å². The van der Waals surface area contributed by atoms with Gasteiger partial charge in [0.15, 0.2) is 0 Å². The van der Waals surface area contributed by atoms with Crippen LogP contribution in [-0.4, -0.2) is 68.5 Å². The van der Waals surface area contributed by atoms with Crippen molar-refractivity contribution in [3.05, 3.63) is 48.3 Å². The molecule has 1 aromatic carbocycles. The molecule has 2 aromatic rings. The van der Waals surface area contributed by atoms with Crippen molar-refractivity contribution in [2.45, 2.75) is 69.7 Å². The number of piperidine rings is 1. The van der Waals surface area contributed by atoms with Crippen molar-refractivity contribution in [1.82, 2.24) is 14.7 Å². The normalized spacial score (nSPS) is 27.0. The Balaban J connectivity index is 1.59. The van der Waals surface area contributed by atoms with Crippen LogP contribution in [0.25, 0.3) is 0 Å². The highest BCUT2D eigenvalue weighted by atomic mass is 16.7. The largest absolute Gasteiger partial charge is 0.498 e. The van der Waals surface area contributed by atoms with Gasteiger partial charge in [0.25, 0.3) is 0 Å². The average Bonchev–Trinajstić information content (AvgIpc) is 3.31. The number of aliphatic hydroxyl groups excluding tert-OH is 1. The van der Waals surface area contributed by atoms with Gasteiger partial charge in [-0.15, -0.1) is 0 Å². The van der Waals surface area contributed by atoms with Gasteiger partial charge in [-0.1, -0.05) is 30.3 Å². The van der Waals surface area contributed by atoms with Crippen LogP contribution in [-0.2, 0) is 21.3 Å². The molecule has 0 saturated carbocycles. The number of carboxylic acid groups (broad SMARTS) is 1. The van der Waals surface area contributed by atoms with E-state index >= 15 is 0 Å². The standard InChI is InChI=1S/C23H32BN3O5/c1-21(2)22(3,4)32-24(31-21)18-14-25-27(15-18)23(16-28)10-11-26(20(29)30)19(13-23)12-17-8-6-5-7-9-17/h5-9,14-15,19,28H,10-13,16H2,1-4H3,(H,29,30). The maximum Gasteiger partial charge on any atom is 0.498 e. The number of amides is 1. The van der Waals surface area contributed by atoms with Crippen LogP contribution in [0.3, 0.4) is 0 Å². The Morgan fingerprint density at radius 1 is 1.19 bits per heavy atom. The molecule has 0 radical (unpaired) electrons. The molecule has 172 valence electrons. The molecule has 9 heteroatoms. The van der Waals surface area contributed by atoms with Gasteiger partial charge in [-0.3, -0.25) is 4.68 Å². The van der Waals surface area contributed by atoms with Gasteiger partial charge in [-0.2, -0.15) is 5.10 Å². The Labute approximate surface area is 189 Å². The fourth-order valence-electron chi connectivity index (χ4n) is 4.60. The lowest BCUT2D eigenvalue weighted by Gasteiger charge is -2.45. The summed E-state index contributed by atoms with van der Waals surface area (Å²) in [5.41, 5.74) is 0.254. The molecule has 8 nitrogen and oxygen atoms in total. The Kier molecular flexibility index (Phi) is 5.85. The van der Waals surface area contributed by atoms with Crippen molar-refractivity contribution in [3.8, 4) is 0 Å². The first-order valence-corrected chi connectivity index (χ1v) is 11.1. The van der Waals surface area contributed by atoms with Crippen molar-refractivity contribution in [2.24, 2.45) is 0 Å². The minimum absolute atomic E-state index is 0.129. The van der Waals surface area contributed by atoms with Crippen LogP contribution in [0.2, 0.25) is 0 Å². The topological polar surface area (TPSA) is 97.1 Å². The van der Waals surface area contributed by atoms with Crippen LogP contribution in [0.15, 0.2) is 42.7 Å². The van der Waals surface area contributed by atoms with E-state index in [4.69, 9.17) is 9.31 Å². The number of carbonyl (C=O) groups is 1. The molecule has 3 heterocycles. The SMILES string of the molecule is CC1(C)OB(c2cnn(C3(CO)CCN(C(=O)O)C(Cc4ccccc4)C3)c2)OC1(C)C. The van der Waals surface area contributed by atoms with Gasteiger partial charge in [-0.25, -0.2) is 4.79 Å². The fraction of sp³-hybridized carbons (Fsp3) is 0.565. The van der Waals surface area contributed by atoms with E-state index in [1.807, 2.05) is 64.2 Å². The molecule has 1 aromatic heterocycles. The molecule has 2 saturated heterocycles. The number of aromatic nitrogens is 2. The second-order valence-electron chi connectivity index (χ2n) is 9.96. The first-order valence-electron chi connectivity index (χ1n) is 11.1. The highest BCUT2D eigenvalue weighted by Crippen LogP contribution is 2.37. The summed E-state index contributed by atoms with van der Waals surface area (Å²) in [5, 5.41) is 24.8. The minimum atomic E-state index is -0.934. The lowest BCUT2D eigenvalue weighted by atomic mass is 9.80. The highest BCUT2D eigenvalue weighted by molar-refractivity contribution is 6.62. The van der Waals surface area contributed by atoms with Crippen molar-refractivity contribution < 1.29 is 24.3 Å². The maximum atomic E-state index is 11.9. The fourth-order valence-corrected chi connectivity index (χ4v) is 4.60. The molecule has 4 rings (SSSR count). The number of rotatable bonds is 5. The molecule has 2 N–H and O–H groups in total. The van der Waals surface area contributed by atoms with Gasteiger partial charge in [0.05, 0.1) is 23.3 Å². The van der Waals surface area contributed by atoms with E-state index in [9.17, 15) is 15.0 Å². The second kappa shape index (κ2) is 8.21. The molecular weight excluding hydrogens is 409 g/mol. The molecule has 2 aliphatic heterocycles. The molecule has 0 aliphatic carbocycles. The Hall–Kier alpha value is -2.36. The first kappa shape index (κ1) is 22.8. The molecule has 1 amide bonds. The van der Waals surface area contributed by atoms with E-state index in [1.54, 1.807) is 10.9 Å². The number of benzene rings is 1. The minimum Gasteiger partial charge on any atom is -0.465 e. The number of nitrogens with zero attached hydrogens (tertiary/aromatic N) is 3. The number of hydrogen-bond donors (Lipinski definition) is 2. The maximum absolute atomic E-state index is 11.9. The molecular formula is C23H32BN3O5. The zero-order valence-electron chi connectivity index (χ0n) is 19.2. The lowest BCUT2D eigenvalue weighted by molar-refractivity contribution is 0.00578. The van der Waals surface area contributed by atoms with Gasteiger partial charge in [0, 0.05) is 30.4 Å². The third kappa shape index (κ3) is 4.05. The van der Waals surface area contributed by atoms with E-state index in [0.717, 1.165) is 11.0 Å². The van der Waals surface area contributed by atoms with E-state index in [0.29, 0.717) is 25.8 Å². The van der Waals surface area contributed by atoms with Crippen molar-refractivity contribution >= 4 is 18.7 Å². The van der Waals surface area contributed by atoms with Crippen LogP contribution < -0.4 is 5.46 Å². The van der Waals surface area contributed by atoms with E-state index in [1.165, 1.54) is 4.90 Å². The summed E-state index contributed by atoms with van der Waals surface area (Å²) >= 11 is 0. The molecule has 2 fully saturated rings. The lowest BCUT2D eigenvalue weighted by Crippen LogP contribution is -2.55. The van der Waals surface area contributed by atoms with Gasteiger partial charge in [0.1, 0.15) is 0 Å². The van der Waals surface area contributed by atoms with Crippen molar-refractivity contribution in [2.75, 3.05) is 13.2 Å². The summed E-state index contributed by atoms with van der Waals surface area (Å²) < 4.78 is 14.1. The smallest absolute Gasteiger partial charge is 0.465 e. The Morgan fingerprint density at radius 2 is 1.84 bits per heavy atom. The summed E-state index contributed by atoms with van der Waals surface area (Å²) in [6.07, 6.45) is 4.18. The van der Waals surface area contributed by atoms with E-state index in [2.05, 4.69) is 5.10 Å². The zero-order valence-corrected chi connectivity index (χ0v) is 19.2. The monoisotopic (exact) mass is 441 g/mol. The Morgan fingerprint density at radius 3 is 2.44 bits per heavy atom.